The third kappa shape index (κ3) is 6.42. The molecule has 0 spiro atoms. The van der Waals surface area contributed by atoms with Crippen LogP contribution >= 0.6 is 0 Å². The summed E-state index contributed by atoms with van der Waals surface area (Å²) in [4.78, 5) is 37.6. The summed E-state index contributed by atoms with van der Waals surface area (Å²) in [7, 11) is 1.27. The smallest absolute Gasteiger partial charge is 0.343 e. The molecule has 0 heterocycles. The molecule has 0 aliphatic rings. The molecule has 148 valence electrons. The first-order valence-corrected chi connectivity index (χ1v) is 8.93. The number of hydrogen-bond acceptors (Lipinski definition) is 5. The van der Waals surface area contributed by atoms with Crippen LogP contribution in [0.15, 0.2) is 54.6 Å². The van der Waals surface area contributed by atoms with E-state index in [1.807, 2.05) is 37.3 Å². The molecule has 1 N–H and O–H groups in total. The summed E-state index contributed by atoms with van der Waals surface area (Å²) in [5.74, 6) is -0.715. The lowest BCUT2D eigenvalue weighted by atomic mass is 10.2. The fraction of sp³-hybridized carbons (Fsp3) is 0.286. The quantitative estimate of drug-likeness (QED) is 0.669. The Morgan fingerprint density at radius 2 is 1.79 bits per heavy atom. The largest absolute Gasteiger partial charge is 0.482 e. The minimum Gasteiger partial charge on any atom is -0.482 e. The Morgan fingerprint density at radius 1 is 1.04 bits per heavy atom. The molecule has 0 saturated carbocycles. The van der Waals surface area contributed by atoms with E-state index in [1.54, 1.807) is 23.1 Å². The van der Waals surface area contributed by atoms with Crippen molar-refractivity contribution in [1.82, 2.24) is 10.2 Å². The van der Waals surface area contributed by atoms with Crippen molar-refractivity contribution in [3.63, 3.8) is 0 Å². The highest BCUT2D eigenvalue weighted by molar-refractivity contribution is 5.96. The molecule has 7 heteroatoms. The van der Waals surface area contributed by atoms with Gasteiger partial charge in [-0.25, -0.2) is 4.79 Å². The van der Waals surface area contributed by atoms with Crippen molar-refractivity contribution in [1.29, 1.82) is 0 Å². The summed E-state index contributed by atoms with van der Waals surface area (Å²) in [6.07, 6.45) is 0. The maximum atomic E-state index is 12.4. The second-order valence-corrected chi connectivity index (χ2v) is 5.97. The Morgan fingerprint density at radius 3 is 2.46 bits per heavy atom. The summed E-state index contributed by atoms with van der Waals surface area (Å²) in [6.45, 7) is 2.58. The SMILES string of the molecule is CCN(Cc1ccccc1)C(=O)CNC(=O)c1cccc(OCC(=O)OC)c1. The number of rotatable bonds is 9. The number of nitrogens with one attached hydrogen (secondary N) is 1. The Labute approximate surface area is 164 Å². The molecular weight excluding hydrogens is 360 g/mol. The van der Waals surface area contributed by atoms with Gasteiger partial charge in [-0.1, -0.05) is 36.4 Å². The number of likely N-dealkylation sites (N-methyl/N-ethyl adjacent to an activating group) is 1. The zero-order valence-electron chi connectivity index (χ0n) is 16.0. The highest BCUT2D eigenvalue weighted by atomic mass is 16.6. The first-order chi connectivity index (χ1) is 13.5. The standard InChI is InChI=1S/C21H24N2O5/c1-3-23(14-16-8-5-4-6-9-16)19(24)13-22-21(26)17-10-7-11-18(12-17)28-15-20(25)27-2/h4-12H,3,13-15H2,1-2H3,(H,22,26). The molecule has 0 radical (unpaired) electrons. The predicted octanol–water partition coefficient (Wildman–Crippen LogP) is 2.02. The average Bonchev–Trinajstić information content (AvgIpc) is 2.74. The molecule has 0 atom stereocenters. The van der Waals surface area contributed by atoms with Crippen molar-refractivity contribution in [2.45, 2.75) is 13.5 Å². The molecule has 0 saturated heterocycles. The average molecular weight is 384 g/mol. The van der Waals surface area contributed by atoms with E-state index in [0.717, 1.165) is 5.56 Å². The minimum atomic E-state index is -0.515. The number of hydrogen-bond donors (Lipinski definition) is 1. The summed E-state index contributed by atoms with van der Waals surface area (Å²) in [6, 6.07) is 16.0. The van der Waals surface area contributed by atoms with Crippen molar-refractivity contribution in [3.05, 3.63) is 65.7 Å². The molecule has 7 nitrogen and oxygen atoms in total. The number of ether oxygens (including phenoxy) is 2. The van der Waals surface area contributed by atoms with Crippen molar-refractivity contribution in [3.8, 4) is 5.75 Å². The monoisotopic (exact) mass is 384 g/mol. The second kappa shape index (κ2) is 10.7. The summed E-state index contributed by atoms with van der Waals surface area (Å²) < 4.78 is 9.77. The van der Waals surface area contributed by atoms with Crippen LogP contribution < -0.4 is 10.1 Å². The number of nitrogens with zero attached hydrogens (tertiary/aromatic N) is 1. The van der Waals surface area contributed by atoms with Crippen LogP contribution in [-0.4, -0.2) is 49.5 Å². The van der Waals surface area contributed by atoms with E-state index in [-0.39, 0.29) is 19.1 Å². The molecule has 0 unspecified atom stereocenters. The summed E-state index contributed by atoms with van der Waals surface area (Å²) in [5, 5.41) is 2.63. The molecule has 0 aliphatic carbocycles. The Bertz CT molecular complexity index is 807. The van der Waals surface area contributed by atoms with Crippen LogP contribution in [0.1, 0.15) is 22.8 Å². The molecule has 0 bridgehead atoms. The summed E-state index contributed by atoms with van der Waals surface area (Å²) in [5.41, 5.74) is 1.36. The highest BCUT2D eigenvalue weighted by Gasteiger charge is 2.14. The molecule has 2 rings (SSSR count). The molecule has 2 aromatic rings. The van der Waals surface area contributed by atoms with Crippen molar-refractivity contribution in [2.24, 2.45) is 0 Å². The van der Waals surface area contributed by atoms with Gasteiger partial charge in [0.15, 0.2) is 6.61 Å². The maximum absolute atomic E-state index is 12.4. The van der Waals surface area contributed by atoms with Crippen LogP contribution in [0.25, 0.3) is 0 Å². The van der Waals surface area contributed by atoms with Crippen LogP contribution in [0.5, 0.6) is 5.75 Å². The third-order valence-electron chi connectivity index (χ3n) is 4.03. The van der Waals surface area contributed by atoms with Gasteiger partial charge in [0.1, 0.15) is 5.75 Å². The predicted molar refractivity (Wildman–Crippen MR) is 104 cm³/mol. The van der Waals surface area contributed by atoms with Gasteiger partial charge >= 0.3 is 5.97 Å². The van der Waals surface area contributed by atoms with Gasteiger partial charge in [0.2, 0.25) is 5.91 Å². The molecule has 0 aliphatic heterocycles. The number of benzene rings is 2. The number of amides is 2. The maximum Gasteiger partial charge on any atom is 0.343 e. The Hall–Kier alpha value is -3.35. The number of methoxy groups -OCH3 is 1. The van der Waals surface area contributed by atoms with Gasteiger partial charge in [0, 0.05) is 18.7 Å². The van der Waals surface area contributed by atoms with Gasteiger partial charge in [-0.3, -0.25) is 9.59 Å². The zero-order valence-corrected chi connectivity index (χ0v) is 16.0. The van der Waals surface area contributed by atoms with E-state index in [0.29, 0.717) is 24.4 Å². The van der Waals surface area contributed by atoms with Gasteiger partial charge in [-0.15, -0.1) is 0 Å². The van der Waals surface area contributed by atoms with E-state index in [1.165, 1.54) is 13.2 Å². The van der Waals surface area contributed by atoms with Crippen LogP contribution in [0, 0.1) is 0 Å². The first kappa shape index (κ1) is 21.0. The van der Waals surface area contributed by atoms with Gasteiger partial charge < -0.3 is 19.7 Å². The summed E-state index contributed by atoms with van der Waals surface area (Å²) >= 11 is 0. The van der Waals surface area contributed by atoms with Crippen molar-refractivity contribution in [2.75, 3.05) is 26.8 Å². The zero-order chi connectivity index (χ0) is 20.4. The van der Waals surface area contributed by atoms with Gasteiger partial charge in [0.05, 0.1) is 13.7 Å². The van der Waals surface area contributed by atoms with E-state index >= 15 is 0 Å². The molecule has 28 heavy (non-hydrogen) atoms. The highest BCUT2D eigenvalue weighted by Crippen LogP contribution is 2.13. The van der Waals surface area contributed by atoms with Gasteiger partial charge in [0.25, 0.3) is 5.91 Å². The number of carbonyl (C=O) groups excluding carboxylic acids is 3. The van der Waals surface area contributed by atoms with Gasteiger partial charge in [-0.2, -0.15) is 0 Å². The van der Waals surface area contributed by atoms with Crippen molar-refractivity contribution >= 4 is 17.8 Å². The van der Waals surface area contributed by atoms with Crippen LogP contribution in [-0.2, 0) is 20.9 Å². The molecular formula is C21H24N2O5. The van der Waals surface area contributed by atoms with E-state index in [9.17, 15) is 14.4 Å². The number of carbonyl (C=O) groups is 3. The molecule has 2 aromatic carbocycles. The third-order valence-corrected chi connectivity index (χ3v) is 4.03. The first-order valence-electron chi connectivity index (χ1n) is 8.93. The van der Waals surface area contributed by atoms with Gasteiger partial charge in [-0.05, 0) is 30.7 Å². The van der Waals surface area contributed by atoms with Crippen LogP contribution in [0.2, 0.25) is 0 Å². The lowest BCUT2D eigenvalue weighted by Gasteiger charge is -2.21. The molecule has 0 aromatic heterocycles. The topological polar surface area (TPSA) is 84.9 Å². The minimum absolute atomic E-state index is 0.104. The molecule has 0 fully saturated rings. The molecule has 2 amide bonds. The number of esters is 1. The fourth-order valence-corrected chi connectivity index (χ4v) is 2.48. The van der Waals surface area contributed by atoms with E-state index < -0.39 is 11.9 Å². The lowest BCUT2D eigenvalue weighted by molar-refractivity contribution is -0.142. The normalized spacial score (nSPS) is 10.1. The van der Waals surface area contributed by atoms with E-state index in [4.69, 9.17) is 4.74 Å². The van der Waals surface area contributed by atoms with Crippen LogP contribution in [0.3, 0.4) is 0 Å². The van der Waals surface area contributed by atoms with Crippen LogP contribution in [0.4, 0.5) is 0 Å². The second-order valence-electron chi connectivity index (χ2n) is 5.97. The fourth-order valence-electron chi connectivity index (χ4n) is 2.48. The van der Waals surface area contributed by atoms with Crippen molar-refractivity contribution < 1.29 is 23.9 Å². The Kier molecular flexibility index (Phi) is 8.02. The van der Waals surface area contributed by atoms with E-state index in [2.05, 4.69) is 10.1 Å². The lowest BCUT2D eigenvalue weighted by Crippen LogP contribution is -2.39. The Balaban J connectivity index is 1.89.